The van der Waals surface area contributed by atoms with Gasteiger partial charge in [-0.3, -0.25) is 4.79 Å². The van der Waals surface area contributed by atoms with Crippen LogP contribution in [0.15, 0.2) is 60.7 Å². The van der Waals surface area contributed by atoms with E-state index < -0.39 is 12.2 Å². The van der Waals surface area contributed by atoms with Crippen molar-refractivity contribution in [3.63, 3.8) is 0 Å². The van der Waals surface area contributed by atoms with Gasteiger partial charge in [-0.15, -0.1) is 0 Å². The molecule has 3 aromatic rings. The summed E-state index contributed by atoms with van der Waals surface area (Å²) in [6, 6.07) is 18.3. The molecule has 2 atom stereocenters. The second-order valence-electron chi connectivity index (χ2n) is 7.35. The molecule has 31 heavy (non-hydrogen) atoms. The number of hydrogen-bond donors (Lipinski definition) is 0. The average molecular weight is 457 g/mol. The largest absolute Gasteiger partial charge is 0.488 e. The van der Waals surface area contributed by atoms with Crippen LogP contribution < -0.4 is 9.47 Å². The zero-order valence-corrected chi connectivity index (χ0v) is 17.9. The first-order valence-corrected chi connectivity index (χ1v) is 10.5. The standard InChI is InChI=1S/C24H18Cl2O5/c25-16-6-7-20(29-11-14-4-2-1-3-5-14)18(9-16)21(27)24-23(31-24)19-10-17(26)8-15-12-28-13-30-22(15)19/h1-10,23-24H,11-13H2. The lowest BCUT2D eigenvalue weighted by atomic mass is 9.99. The van der Waals surface area contributed by atoms with E-state index in [0.29, 0.717) is 40.3 Å². The number of Topliss-reactive ketones (excluding diaryl/α,β-unsaturated/α-hetero) is 1. The highest BCUT2D eigenvalue weighted by molar-refractivity contribution is 6.31. The van der Waals surface area contributed by atoms with Crippen LogP contribution in [0.4, 0.5) is 0 Å². The van der Waals surface area contributed by atoms with Crippen LogP contribution in [0.1, 0.15) is 33.2 Å². The summed E-state index contributed by atoms with van der Waals surface area (Å²) in [5.41, 5.74) is 2.97. The third-order valence-electron chi connectivity index (χ3n) is 5.20. The molecule has 7 heteroatoms. The smallest absolute Gasteiger partial charge is 0.198 e. The first kappa shape index (κ1) is 20.3. The maximum absolute atomic E-state index is 13.3. The summed E-state index contributed by atoms with van der Waals surface area (Å²) >= 11 is 12.4. The highest BCUT2D eigenvalue weighted by atomic mass is 35.5. The number of ketones is 1. The maximum atomic E-state index is 13.3. The number of fused-ring (bicyclic) bond motifs is 1. The van der Waals surface area contributed by atoms with E-state index in [4.69, 9.17) is 42.1 Å². The van der Waals surface area contributed by atoms with Crippen LogP contribution in [0.2, 0.25) is 10.0 Å². The van der Waals surface area contributed by atoms with Crippen molar-refractivity contribution in [3.05, 3.63) is 93.0 Å². The van der Waals surface area contributed by atoms with Crippen molar-refractivity contribution in [1.82, 2.24) is 0 Å². The molecule has 0 aliphatic carbocycles. The molecule has 5 rings (SSSR count). The Morgan fingerprint density at radius 3 is 2.71 bits per heavy atom. The lowest BCUT2D eigenvalue weighted by molar-refractivity contribution is -0.0172. The van der Waals surface area contributed by atoms with Crippen LogP contribution >= 0.6 is 23.2 Å². The van der Waals surface area contributed by atoms with Gasteiger partial charge in [0.25, 0.3) is 0 Å². The van der Waals surface area contributed by atoms with E-state index in [2.05, 4.69) is 0 Å². The molecule has 0 radical (unpaired) electrons. The predicted molar refractivity (Wildman–Crippen MR) is 116 cm³/mol. The minimum Gasteiger partial charge on any atom is -0.488 e. The Morgan fingerprint density at radius 2 is 1.87 bits per heavy atom. The molecule has 3 aromatic carbocycles. The summed E-state index contributed by atoms with van der Waals surface area (Å²) in [4.78, 5) is 13.3. The fraction of sp³-hybridized carbons (Fsp3) is 0.208. The molecule has 1 fully saturated rings. The third kappa shape index (κ3) is 4.27. The lowest BCUT2D eigenvalue weighted by Gasteiger charge is -2.20. The molecule has 5 nitrogen and oxygen atoms in total. The normalized spacial score (nSPS) is 19.3. The van der Waals surface area contributed by atoms with Crippen LogP contribution in [0.5, 0.6) is 11.5 Å². The van der Waals surface area contributed by atoms with Crippen LogP contribution in [0.25, 0.3) is 0 Å². The second-order valence-corrected chi connectivity index (χ2v) is 8.22. The topological polar surface area (TPSA) is 57.3 Å². The Labute approximate surface area is 189 Å². The van der Waals surface area contributed by atoms with E-state index in [1.165, 1.54) is 0 Å². The van der Waals surface area contributed by atoms with Gasteiger partial charge in [-0.2, -0.15) is 0 Å². The minimum absolute atomic E-state index is 0.152. The summed E-state index contributed by atoms with van der Waals surface area (Å²) < 4.78 is 22.7. The summed E-state index contributed by atoms with van der Waals surface area (Å²) in [5, 5.41) is 0.993. The second kappa shape index (κ2) is 8.52. The van der Waals surface area contributed by atoms with Gasteiger partial charge in [-0.1, -0.05) is 53.5 Å². The van der Waals surface area contributed by atoms with Crippen molar-refractivity contribution >= 4 is 29.0 Å². The van der Waals surface area contributed by atoms with Crippen molar-refractivity contribution in [3.8, 4) is 11.5 Å². The molecule has 2 unspecified atom stereocenters. The Hall–Kier alpha value is -2.57. The monoisotopic (exact) mass is 456 g/mol. The van der Waals surface area contributed by atoms with Crippen molar-refractivity contribution in [2.24, 2.45) is 0 Å². The van der Waals surface area contributed by atoms with Gasteiger partial charge in [-0.05, 0) is 35.9 Å². The average Bonchev–Trinajstić information content (AvgIpc) is 3.58. The Balaban J connectivity index is 1.38. The zero-order chi connectivity index (χ0) is 21.4. The number of carbonyl (C=O) groups is 1. The van der Waals surface area contributed by atoms with Gasteiger partial charge in [0.15, 0.2) is 18.7 Å². The molecule has 0 saturated carbocycles. The molecule has 0 N–H and O–H groups in total. The molecule has 0 spiro atoms. The fourth-order valence-corrected chi connectivity index (χ4v) is 4.10. The molecule has 0 amide bonds. The first-order chi connectivity index (χ1) is 15.1. The molecule has 2 aliphatic rings. The van der Waals surface area contributed by atoms with Gasteiger partial charge in [0.1, 0.15) is 24.2 Å². The summed E-state index contributed by atoms with van der Waals surface area (Å²) in [6.07, 6.45) is -1.11. The van der Waals surface area contributed by atoms with Gasteiger partial charge >= 0.3 is 0 Å². The van der Waals surface area contributed by atoms with Gasteiger partial charge < -0.3 is 18.9 Å². The predicted octanol–water partition coefficient (Wildman–Crippen LogP) is 5.76. The van der Waals surface area contributed by atoms with Gasteiger partial charge in [0.2, 0.25) is 0 Å². The zero-order valence-electron chi connectivity index (χ0n) is 16.3. The molecule has 0 aromatic heterocycles. The van der Waals surface area contributed by atoms with Gasteiger partial charge in [0.05, 0.1) is 12.2 Å². The quantitative estimate of drug-likeness (QED) is 0.348. The van der Waals surface area contributed by atoms with E-state index >= 15 is 0 Å². The number of hydrogen-bond acceptors (Lipinski definition) is 5. The highest BCUT2D eigenvalue weighted by Gasteiger charge is 2.49. The van der Waals surface area contributed by atoms with E-state index in [9.17, 15) is 4.79 Å². The number of carbonyl (C=O) groups excluding carboxylic acids is 1. The van der Waals surface area contributed by atoms with E-state index in [-0.39, 0.29) is 12.6 Å². The van der Waals surface area contributed by atoms with Gasteiger partial charge in [-0.25, -0.2) is 0 Å². The molecule has 158 valence electrons. The summed E-state index contributed by atoms with van der Waals surface area (Å²) in [6.45, 7) is 0.895. The number of ether oxygens (including phenoxy) is 4. The first-order valence-electron chi connectivity index (χ1n) is 9.79. The van der Waals surface area contributed by atoms with Crippen molar-refractivity contribution < 1.29 is 23.7 Å². The molecular formula is C24H18Cl2O5. The van der Waals surface area contributed by atoms with Crippen molar-refractivity contribution in [2.45, 2.75) is 25.4 Å². The van der Waals surface area contributed by atoms with Gasteiger partial charge in [0, 0.05) is 21.2 Å². The lowest BCUT2D eigenvalue weighted by Crippen LogP contribution is -2.14. The molecule has 1 saturated heterocycles. The number of halogens is 2. The summed E-state index contributed by atoms with van der Waals surface area (Å²) in [5.74, 6) is 0.934. The maximum Gasteiger partial charge on any atom is 0.198 e. The molecular weight excluding hydrogens is 439 g/mol. The number of benzene rings is 3. The Bertz CT molecular complexity index is 1130. The Morgan fingerprint density at radius 1 is 1.03 bits per heavy atom. The van der Waals surface area contributed by atoms with Crippen LogP contribution in [-0.2, 0) is 22.7 Å². The van der Waals surface area contributed by atoms with Crippen molar-refractivity contribution in [2.75, 3.05) is 6.79 Å². The molecule has 0 bridgehead atoms. The van der Waals surface area contributed by atoms with Crippen LogP contribution in [0, 0.1) is 0 Å². The fourth-order valence-electron chi connectivity index (χ4n) is 3.68. The van der Waals surface area contributed by atoms with Crippen LogP contribution in [-0.4, -0.2) is 18.7 Å². The van der Waals surface area contributed by atoms with E-state index in [1.807, 2.05) is 30.3 Å². The number of rotatable bonds is 6. The highest BCUT2D eigenvalue weighted by Crippen LogP contribution is 2.48. The van der Waals surface area contributed by atoms with E-state index in [1.54, 1.807) is 30.3 Å². The number of epoxide rings is 1. The van der Waals surface area contributed by atoms with Crippen LogP contribution in [0.3, 0.4) is 0 Å². The summed E-state index contributed by atoms with van der Waals surface area (Å²) in [7, 11) is 0. The van der Waals surface area contributed by atoms with Crippen molar-refractivity contribution in [1.29, 1.82) is 0 Å². The minimum atomic E-state index is -0.661. The SMILES string of the molecule is O=C(c1cc(Cl)ccc1OCc1ccccc1)C1OC1c1cc(Cl)cc2c1OCOC2. The molecule has 2 aliphatic heterocycles. The molecule has 2 heterocycles. The third-order valence-corrected chi connectivity index (χ3v) is 5.66. The van der Waals surface area contributed by atoms with E-state index in [0.717, 1.165) is 16.7 Å². The Kier molecular flexibility index (Phi) is 5.59.